The van der Waals surface area contributed by atoms with Gasteiger partial charge in [0.25, 0.3) is 0 Å². The van der Waals surface area contributed by atoms with Crippen LogP contribution >= 0.6 is 0 Å². The van der Waals surface area contributed by atoms with Crippen LogP contribution in [-0.2, 0) is 16.1 Å². The number of nitrogens with zero attached hydrogens (tertiary/aromatic N) is 1. The van der Waals surface area contributed by atoms with E-state index in [-0.39, 0.29) is 5.97 Å². The van der Waals surface area contributed by atoms with Crippen molar-refractivity contribution >= 4 is 12.0 Å². The van der Waals surface area contributed by atoms with E-state index in [2.05, 4.69) is 63.5 Å². The van der Waals surface area contributed by atoms with Crippen LogP contribution in [-0.4, -0.2) is 43.2 Å². The lowest BCUT2D eigenvalue weighted by atomic mass is 10.0. The molecule has 1 heterocycles. The number of ether oxygens (including phenoxy) is 1. The largest absolute Gasteiger partial charge is 0.466 e. The minimum atomic E-state index is -0.324. The van der Waals surface area contributed by atoms with Crippen LogP contribution in [0.15, 0.2) is 60.7 Å². The third-order valence-electron chi connectivity index (χ3n) is 6.03. The van der Waals surface area contributed by atoms with Crippen LogP contribution in [0.2, 0.25) is 0 Å². The molecule has 0 amide bonds. The first-order valence-electron chi connectivity index (χ1n) is 10.6. The molecule has 1 aliphatic heterocycles. The molecule has 0 aromatic heterocycles. The maximum Gasteiger partial charge on any atom is 0.330 e. The summed E-state index contributed by atoms with van der Waals surface area (Å²) in [6.07, 6.45) is 6.97. The van der Waals surface area contributed by atoms with E-state index in [4.69, 9.17) is 0 Å². The van der Waals surface area contributed by atoms with Gasteiger partial charge >= 0.3 is 5.97 Å². The van der Waals surface area contributed by atoms with Crippen molar-refractivity contribution in [2.24, 2.45) is 0 Å². The first kappa shape index (κ1) is 19.9. The van der Waals surface area contributed by atoms with E-state index in [0.717, 1.165) is 25.2 Å². The molecule has 1 aliphatic carbocycles. The number of esters is 1. The van der Waals surface area contributed by atoms with E-state index in [1.165, 1.54) is 43.6 Å². The van der Waals surface area contributed by atoms with Crippen LogP contribution in [0.5, 0.6) is 0 Å². The molecule has 0 bridgehead atoms. The van der Waals surface area contributed by atoms with Crippen LogP contribution in [0.1, 0.15) is 41.9 Å². The molecule has 2 fully saturated rings. The summed E-state index contributed by atoms with van der Waals surface area (Å²) >= 11 is 0. The molecule has 29 heavy (non-hydrogen) atoms. The first-order valence-corrected chi connectivity index (χ1v) is 10.6. The predicted octanol–water partition coefficient (Wildman–Crippen LogP) is 3.98. The summed E-state index contributed by atoms with van der Waals surface area (Å²) in [7, 11) is 1.40. The minimum absolute atomic E-state index is 0.324. The van der Waals surface area contributed by atoms with Crippen LogP contribution < -0.4 is 5.32 Å². The topological polar surface area (TPSA) is 41.6 Å². The van der Waals surface area contributed by atoms with Crippen LogP contribution in [0.4, 0.5) is 0 Å². The van der Waals surface area contributed by atoms with Gasteiger partial charge in [0, 0.05) is 30.6 Å². The van der Waals surface area contributed by atoms with Crippen molar-refractivity contribution in [3.63, 3.8) is 0 Å². The lowest BCUT2D eigenvalue weighted by Crippen LogP contribution is -2.43. The summed E-state index contributed by atoms with van der Waals surface area (Å²) < 4.78 is 4.66. The average molecular weight is 391 g/mol. The van der Waals surface area contributed by atoms with Crippen molar-refractivity contribution in [2.45, 2.75) is 43.8 Å². The van der Waals surface area contributed by atoms with Gasteiger partial charge in [-0.2, -0.15) is 0 Å². The number of carbonyl (C=O) groups is 1. The highest BCUT2D eigenvalue weighted by Crippen LogP contribution is 2.41. The molecule has 2 aromatic rings. The molecule has 0 spiro atoms. The number of benzene rings is 2. The van der Waals surface area contributed by atoms with Gasteiger partial charge in [-0.05, 0) is 55.1 Å². The molecule has 1 saturated heterocycles. The second-order valence-electron chi connectivity index (χ2n) is 8.18. The number of carbonyl (C=O) groups excluding carboxylic acids is 1. The van der Waals surface area contributed by atoms with Crippen molar-refractivity contribution in [3.05, 3.63) is 77.4 Å². The number of likely N-dealkylation sites (tertiary alicyclic amines) is 1. The van der Waals surface area contributed by atoms with E-state index in [1.54, 1.807) is 0 Å². The molecule has 152 valence electrons. The molecule has 1 N–H and O–H groups in total. The lowest BCUT2D eigenvalue weighted by molar-refractivity contribution is -0.134. The summed E-state index contributed by atoms with van der Waals surface area (Å²) in [5, 5.41) is 3.89. The van der Waals surface area contributed by atoms with E-state index >= 15 is 0 Å². The zero-order chi connectivity index (χ0) is 20.1. The second-order valence-corrected chi connectivity index (χ2v) is 8.18. The molecule has 4 rings (SSSR count). The van der Waals surface area contributed by atoms with Crippen LogP contribution in [0.25, 0.3) is 6.08 Å². The number of methoxy groups -OCH3 is 1. The molecule has 0 radical (unpaired) electrons. The normalized spacial score (nSPS) is 22.7. The monoisotopic (exact) mass is 390 g/mol. The minimum Gasteiger partial charge on any atom is -0.466 e. The van der Waals surface area contributed by atoms with Crippen molar-refractivity contribution < 1.29 is 9.53 Å². The third-order valence-corrected chi connectivity index (χ3v) is 6.03. The molecular formula is C25H30N2O2. The average Bonchev–Trinajstić information content (AvgIpc) is 3.53. The smallest absolute Gasteiger partial charge is 0.330 e. The molecule has 0 unspecified atom stereocenters. The molecule has 1 saturated carbocycles. The zero-order valence-electron chi connectivity index (χ0n) is 17.1. The predicted molar refractivity (Wildman–Crippen MR) is 117 cm³/mol. The van der Waals surface area contributed by atoms with Gasteiger partial charge in [-0.3, -0.25) is 4.90 Å². The summed E-state index contributed by atoms with van der Waals surface area (Å²) in [4.78, 5) is 13.8. The fraction of sp³-hybridized carbons (Fsp3) is 0.400. The number of piperidine rings is 1. The second kappa shape index (κ2) is 9.38. The summed E-state index contributed by atoms with van der Waals surface area (Å²) in [5.41, 5.74) is 3.79. The van der Waals surface area contributed by atoms with Gasteiger partial charge in [0.15, 0.2) is 0 Å². The van der Waals surface area contributed by atoms with Gasteiger partial charge in [0.1, 0.15) is 0 Å². The Morgan fingerprint density at radius 1 is 1.14 bits per heavy atom. The van der Waals surface area contributed by atoms with Gasteiger partial charge < -0.3 is 10.1 Å². The molecule has 2 atom stereocenters. The van der Waals surface area contributed by atoms with E-state index < -0.39 is 0 Å². The Morgan fingerprint density at radius 2 is 1.93 bits per heavy atom. The molecular weight excluding hydrogens is 360 g/mol. The van der Waals surface area contributed by atoms with Crippen molar-refractivity contribution in [1.82, 2.24) is 10.2 Å². The van der Waals surface area contributed by atoms with Crippen LogP contribution in [0, 0.1) is 0 Å². The fourth-order valence-electron chi connectivity index (χ4n) is 4.29. The maximum atomic E-state index is 11.3. The summed E-state index contributed by atoms with van der Waals surface area (Å²) in [5.74, 6) is 0.380. The van der Waals surface area contributed by atoms with Gasteiger partial charge in [-0.25, -0.2) is 4.79 Å². The summed E-state index contributed by atoms with van der Waals surface area (Å²) in [6.45, 7) is 3.22. The van der Waals surface area contributed by atoms with Crippen LogP contribution in [0.3, 0.4) is 0 Å². The van der Waals surface area contributed by atoms with Crippen molar-refractivity contribution in [3.8, 4) is 0 Å². The molecule has 4 heteroatoms. The Morgan fingerprint density at radius 3 is 2.69 bits per heavy atom. The Kier molecular flexibility index (Phi) is 6.43. The summed E-state index contributed by atoms with van der Waals surface area (Å²) in [6, 6.07) is 20.6. The van der Waals surface area contributed by atoms with E-state index in [9.17, 15) is 4.79 Å². The number of rotatable bonds is 7. The van der Waals surface area contributed by atoms with Gasteiger partial charge in [0.05, 0.1) is 7.11 Å². The molecule has 2 aliphatic rings. The lowest BCUT2D eigenvalue weighted by Gasteiger charge is -2.32. The number of nitrogens with one attached hydrogen (secondary N) is 1. The van der Waals surface area contributed by atoms with E-state index in [0.29, 0.717) is 18.0 Å². The Labute approximate surface area is 173 Å². The third kappa shape index (κ3) is 5.55. The Bertz CT molecular complexity index is 841. The van der Waals surface area contributed by atoms with Crippen molar-refractivity contribution in [2.75, 3.05) is 20.2 Å². The quantitative estimate of drug-likeness (QED) is 0.573. The zero-order valence-corrected chi connectivity index (χ0v) is 17.1. The number of hydrogen-bond donors (Lipinski definition) is 1. The molecule has 4 nitrogen and oxygen atoms in total. The first-order chi connectivity index (χ1) is 14.2. The highest BCUT2D eigenvalue weighted by molar-refractivity contribution is 5.86. The fourth-order valence-corrected chi connectivity index (χ4v) is 4.29. The molecule has 2 aromatic carbocycles. The maximum absolute atomic E-state index is 11.3. The number of hydrogen-bond acceptors (Lipinski definition) is 4. The standard InChI is InChI=1S/C25H30N2O2/c1-29-25(28)11-10-19-6-5-7-20(16-19)18-27-14-12-22(13-15-27)26-24-17-23(24)21-8-3-2-4-9-21/h2-11,16,22-24,26H,12-15,17-18H2,1H3/b11-10+/t23-,24+/m0/s1. The highest BCUT2D eigenvalue weighted by atomic mass is 16.5. The van der Waals surface area contributed by atoms with E-state index in [1.807, 2.05) is 12.1 Å². The Balaban J connectivity index is 1.22. The van der Waals surface area contributed by atoms with Gasteiger partial charge in [-0.1, -0.05) is 54.6 Å². The highest BCUT2D eigenvalue weighted by Gasteiger charge is 2.39. The van der Waals surface area contributed by atoms with Gasteiger partial charge in [-0.15, -0.1) is 0 Å². The van der Waals surface area contributed by atoms with Crippen molar-refractivity contribution in [1.29, 1.82) is 0 Å². The Hall–Kier alpha value is -2.43. The van der Waals surface area contributed by atoms with Gasteiger partial charge in [0.2, 0.25) is 0 Å². The SMILES string of the molecule is COC(=O)/C=C/c1cccc(CN2CCC(N[C@@H]3C[C@H]3c3ccccc3)CC2)c1.